The van der Waals surface area contributed by atoms with Gasteiger partial charge in [-0.1, -0.05) is 48.5 Å². The van der Waals surface area contributed by atoms with E-state index in [0.29, 0.717) is 29.1 Å². The van der Waals surface area contributed by atoms with Gasteiger partial charge in [-0.3, -0.25) is 9.78 Å². The molecule has 2 atom stereocenters. The molecule has 0 radical (unpaired) electrons. The lowest BCUT2D eigenvalue weighted by Crippen LogP contribution is -2.65. The van der Waals surface area contributed by atoms with Crippen molar-refractivity contribution in [2.45, 2.75) is 31.2 Å². The first kappa shape index (κ1) is 29.7. The number of pyridine rings is 1. The normalized spacial score (nSPS) is 22.0. The third-order valence-corrected chi connectivity index (χ3v) is 7.48. The molecule has 0 aliphatic carbocycles. The molecule has 11 heteroatoms. The zero-order valence-electron chi connectivity index (χ0n) is 22.1. The molecular weight excluding hydrogens is 539 g/mol. The quantitative estimate of drug-likeness (QED) is 0.251. The number of anilines is 1. The molecule has 3 fully saturated rings. The van der Waals surface area contributed by atoms with E-state index < -0.39 is 18.2 Å². The van der Waals surface area contributed by atoms with Crippen LogP contribution in [0, 0.1) is 5.92 Å². The van der Waals surface area contributed by atoms with Gasteiger partial charge in [-0.25, -0.2) is 4.79 Å². The van der Waals surface area contributed by atoms with Crippen molar-refractivity contribution < 1.29 is 41.9 Å². The Morgan fingerprint density at radius 3 is 2.07 bits per heavy atom. The molecule has 0 unspecified atom stereocenters. The lowest BCUT2D eigenvalue weighted by atomic mass is 9.82. The third kappa shape index (κ3) is 7.91. The number of piperidine rings is 3. The molecule has 0 spiro atoms. The molecular formula is C30H30F3N3O5. The molecule has 3 aliphatic rings. The fourth-order valence-corrected chi connectivity index (χ4v) is 5.35. The van der Waals surface area contributed by atoms with Crippen molar-refractivity contribution >= 4 is 23.4 Å². The molecule has 6 rings (SSSR count). The number of Topliss-reactive ketones (excluding diaryl/α,β-unsaturated/α-hetero) is 1. The summed E-state index contributed by atoms with van der Waals surface area (Å²) in [6.45, 7) is 3.05. The second-order valence-corrected chi connectivity index (χ2v) is 10.2. The average Bonchev–Trinajstić information content (AvgIpc) is 2.97. The van der Waals surface area contributed by atoms with E-state index >= 15 is 0 Å². The van der Waals surface area contributed by atoms with Crippen molar-refractivity contribution in [2.75, 3.05) is 31.5 Å². The van der Waals surface area contributed by atoms with E-state index in [1.165, 1.54) is 0 Å². The summed E-state index contributed by atoms with van der Waals surface area (Å²) >= 11 is 0. The summed E-state index contributed by atoms with van der Waals surface area (Å²) in [5.74, 6) is -2.80. The van der Waals surface area contributed by atoms with Crippen LogP contribution in [0.4, 0.5) is 18.9 Å². The molecule has 3 saturated heterocycles. The molecule has 41 heavy (non-hydrogen) atoms. The summed E-state index contributed by atoms with van der Waals surface area (Å²) in [5.41, 5.74) is 2.43. The number of quaternary nitrogens is 1. The number of ketones is 1. The van der Waals surface area contributed by atoms with Crippen molar-refractivity contribution in [2.24, 2.45) is 5.92 Å². The number of nitrogens with one attached hydrogen (secondary N) is 1. The molecule has 2 bridgehead atoms. The number of hydrogen-bond acceptors (Lipinski definition) is 7. The number of ether oxygens (including phenoxy) is 1. The fourth-order valence-electron chi connectivity index (χ4n) is 5.35. The van der Waals surface area contributed by atoms with Crippen LogP contribution in [0.2, 0.25) is 0 Å². The predicted octanol–water partition coefficient (Wildman–Crippen LogP) is 3.57. The highest BCUT2D eigenvalue weighted by Crippen LogP contribution is 2.36. The smallest absolute Gasteiger partial charge is 0.430 e. The van der Waals surface area contributed by atoms with Crippen LogP contribution in [0.1, 0.15) is 34.8 Å². The number of carboxylic acids is 1. The van der Waals surface area contributed by atoms with Gasteiger partial charge in [-0.2, -0.15) is 13.2 Å². The Morgan fingerprint density at radius 1 is 0.951 bits per heavy atom. The molecule has 4 heterocycles. The number of aromatic nitrogens is 1. The van der Waals surface area contributed by atoms with E-state index in [-0.39, 0.29) is 17.9 Å². The van der Waals surface area contributed by atoms with Gasteiger partial charge >= 0.3 is 12.1 Å². The number of carboxylic acid groups (broad SMARTS) is 1. The first-order valence-corrected chi connectivity index (χ1v) is 13.2. The van der Waals surface area contributed by atoms with Crippen LogP contribution >= 0.6 is 0 Å². The van der Waals surface area contributed by atoms with Crippen molar-refractivity contribution in [1.82, 2.24) is 4.98 Å². The van der Waals surface area contributed by atoms with E-state index in [4.69, 9.17) is 14.6 Å². The van der Waals surface area contributed by atoms with E-state index in [1.807, 2.05) is 60.7 Å². The van der Waals surface area contributed by atoms with Crippen LogP contribution in [0.3, 0.4) is 0 Å². The Bertz CT molecular complexity index is 1320. The van der Waals surface area contributed by atoms with Crippen molar-refractivity contribution in [1.29, 1.82) is 0 Å². The number of benzene rings is 2. The minimum atomic E-state index is -5.19. The van der Waals surface area contributed by atoms with Gasteiger partial charge in [0.15, 0.2) is 12.1 Å². The maximum absolute atomic E-state index is 13.5. The van der Waals surface area contributed by atoms with Gasteiger partial charge in [0.1, 0.15) is 19.1 Å². The maximum atomic E-state index is 13.5. The van der Waals surface area contributed by atoms with Crippen LogP contribution in [-0.2, 0) is 14.3 Å². The summed E-state index contributed by atoms with van der Waals surface area (Å²) in [6.07, 6.45) is -0.107. The number of nitrogens with zero attached hydrogens (tertiary/aromatic N) is 2. The van der Waals surface area contributed by atoms with Crippen LogP contribution in [0.5, 0.6) is 0 Å². The van der Waals surface area contributed by atoms with Gasteiger partial charge in [0.2, 0.25) is 5.78 Å². The number of para-hydroxylation sites is 1. The molecule has 2 aromatic carbocycles. The number of carbonyl (C=O) groups excluding carboxylic acids is 3. The van der Waals surface area contributed by atoms with Crippen LogP contribution < -0.4 is 10.4 Å². The number of hydrogen-bond donors (Lipinski definition) is 1. The Balaban J connectivity index is 0.000000493. The van der Waals surface area contributed by atoms with Gasteiger partial charge in [-0.05, 0) is 29.8 Å². The molecule has 1 N–H and O–H groups in total. The molecule has 216 valence electrons. The summed E-state index contributed by atoms with van der Waals surface area (Å²) < 4.78 is 38.4. The number of halogens is 3. The molecule has 3 aliphatic heterocycles. The minimum Gasteiger partial charge on any atom is -0.542 e. The molecule has 0 saturated carbocycles. The maximum Gasteiger partial charge on any atom is 0.430 e. The summed E-state index contributed by atoms with van der Waals surface area (Å²) in [6, 6.07) is 22.4. The van der Waals surface area contributed by atoms with Gasteiger partial charge in [-0.15, -0.1) is 0 Å². The first-order chi connectivity index (χ1) is 19.6. The predicted molar refractivity (Wildman–Crippen MR) is 141 cm³/mol. The Labute approximate surface area is 235 Å². The van der Waals surface area contributed by atoms with Crippen molar-refractivity contribution in [3.63, 3.8) is 0 Å². The SMILES string of the molecule is O=C(C[N+]12CCC(CC1)[C@@H](OC(=O)[C@H](Nc1ccccc1)c1ccccc1)C2)c1ccncc1.O=C([O-])C(F)(F)F. The number of fused-ring (bicyclic) bond motifs is 3. The Kier molecular flexibility index (Phi) is 9.38. The zero-order chi connectivity index (χ0) is 29.5. The van der Waals surface area contributed by atoms with Gasteiger partial charge < -0.3 is 24.4 Å². The van der Waals surface area contributed by atoms with Crippen LogP contribution in [-0.4, -0.2) is 65.6 Å². The van der Waals surface area contributed by atoms with Crippen LogP contribution in [0.15, 0.2) is 85.2 Å². The lowest BCUT2D eigenvalue weighted by Gasteiger charge is -2.51. The molecule has 1 aromatic heterocycles. The van der Waals surface area contributed by atoms with Crippen LogP contribution in [0.25, 0.3) is 0 Å². The summed E-state index contributed by atoms with van der Waals surface area (Å²) in [7, 11) is 0. The second-order valence-electron chi connectivity index (χ2n) is 10.2. The average molecular weight is 570 g/mol. The van der Waals surface area contributed by atoms with E-state index in [9.17, 15) is 22.8 Å². The van der Waals surface area contributed by atoms with E-state index in [1.54, 1.807) is 24.5 Å². The second kappa shape index (κ2) is 12.9. The summed E-state index contributed by atoms with van der Waals surface area (Å²) in [4.78, 5) is 39.2. The Hall–Kier alpha value is -4.25. The highest BCUT2D eigenvalue weighted by molar-refractivity contribution is 5.96. The number of aliphatic carboxylic acids is 1. The molecule has 8 nitrogen and oxygen atoms in total. The van der Waals surface area contributed by atoms with Crippen molar-refractivity contribution in [3.8, 4) is 0 Å². The summed E-state index contributed by atoms with van der Waals surface area (Å²) in [5, 5.41) is 12.1. The standard InChI is InChI=1S/C28H30N3O3.C2HF3O2/c32-25(21-11-15-29-16-12-21)19-31-17-13-22(14-18-31)26(20-31)34-28(33)27(23-7-3-1-4-8-23)30-24-9-5-2-6-10-24;3-2(4,5)1(6)7/h1-12,15-16,22,26-27,30H,13-14,17-20H2;(H,6,7)/q+1;/p-1/t22?,26-,27+,31?;/m0./s1. The number of alkyl halides is 3. The van der Waals surface area contributed by atoms with Gasteiger partial charge in [0, 0.05) is 42.4 Å². The number of rotatable bonds is 8. The topological polar surface area (TPSA) is 108 Å². The van der Waals surface area contributed by atoms with E-state index in [2.05, 4.69) is 10.3 Å². The number of carbonyl (C=O) groups is 3. The fraction of sp³-hybridized carbons (Fsp3) is 0.333. The highest BCUT2D eigenvalue weighted by atomic mass is 19.4. The number of esters is 1. The molecule has 3 aromatic rings. The van der Waals surface area contributed by atoms with E-state index in [0.717, 1.165) is 37.2 Å². The highest BCUT2D eigenvalue weighted by Gasteiger charge is 2.49. The zero-order valence-corrected chi connectivity index (χ0v) is 22.1. The van der Waals surface area contributed by atoms with Gasteiger partial charge in [0.25, 0.3) is 0 Å². The van der Waals surface area contributed by atoms with Crippen molar-refractivity contribution in [3.05, 3.63) is 96.3 Å². The lowest BCUT2D eigenvalue weighted by molar-refractivity contribution is -0.938. The van der Waals surface area contributed by atoms with Gasteiger partial charge in [0.05, 0.1) is 13.1 Å². The first-order valence-electron chi connectivity index (χ1n) is 13.2. The minimum absolute atomic E-state index is 0.126. The third-order valence-electron chi connectivity index (χ3n) is 7.48. The monoisotopic (exact) mass is 569 g/mol. The Morgan fingerprint density at radius 2 is 1.51 bits per heavy atom. The largest absolute Gasteiger partial charge is 0.542 e. The molecule has 0 amide bonds.